The van der Waals surface area contributed by atoms with Gasteiger partial charge < -0.3 is 9.13 Å². The Morgan fingerprint density at radius 3 is 2.76 bits per heavy atom. The molecule has 0 aliphatic heterocycles. The molecule has 0 aliphatic carbocycles. The van der Waals surface area contributed by atoms with Crippen LogP contribution in [-0.4, -0.2) is 19.1 Å². The molecule has 6 heteroatoms. The zero-order valence-electron chi connectivity index (χ0n) is 14.4. The lowest BCUT2D eigenvalue weighted by atomic mass is 10.1. The maximum Gasteiger partial charge on any atom is 0.251 e. The fourth-order valence-electron chi connectivity index (χ4n) is 2.88. The number of imidazole rings is 1. The number of nitrogens with zero attached hydrogens (tertiary/aromatic N) is 4. The first-order valence-corrected chi connectivity index (χ1v) is 8.94. The van der Waals surface area contributed by atoms with E-state index >= 15 is 0 Å². The van der Waals surface area contributed by atoms with E-state index in [9.17, 15) is 4.79 Å². The summed E-state index contributed by atoms with van der Waals surface area (Å²) in [6.07, 6.45) is 1.82. The lowest BCUT2D eigenvalue weighted by molar-refractivity contribution is 0.752. The van der Waals surface area contributed by atoms with Crippen molar-refractivity contribution in [2.75, 3.05) is 0 Å². The van der Waals surface area contributed by atoms with Crippen molar-refractivity contribution < 1.29 is 0 Å². The Hall–Kier alpha value is -2.73. The normalized spacial score (nSPS) is 11.3. The van der Waals surface area contributed by atoms with Crippen LogP contribution in [0.5, 0.6) is 0 Å². The fraction of sp³-hybridized carbons (Fsp3) is 0.211. The molecule has 4 rings (SSSR count). The van der Waals surface area contributed by atoms with E-state index in [1.54, 1.807) is 22.0 Å². The lowest BCUT2D eigenvalue weighted by Gasteiger charge is -2.03. The first kappa shape index (κ1) is 15.8. The second kappa shape index (κ2) is 5.97. The summed E-state index contributed by atoms with van der Waals surface area (Å²) >= 11 is 1.57. The lowest BCUT2D eigenvalue weighted by Crippen LogP contribution is -2.19. The van der Waals surface area contributed by atoms with E-state index in [2.05, 4.69) is 27.8 Å². The number of fused-ring (bicyclic) bond motifs is 1. The summed E-state index contributed by atoms with van der Waals surface area (Å²) in [5.74, 6) is 0.991. The van der Waals surface area contributed by atoms with Crippen LogP contribution in [0.1, 0.15) is 16.4 Å². The highest BCUT2D eigenvalue weighted by Crippen LogP contribution is 2.26. The summed E-state index contributed by atoms with van der Waals surface area (Å²) in [7, 11) is 2.02. The number of aryl methyl sites for hydroxylation is 3. The number of aromatic nitrogens is 4. The Bertz CT molecular complexity index is 1140. The van der Waals surface area contributed by atoms with Crippen LogP contribution in [0.15, 0.2) is 46.7 Å². The van der Waals surface area contributed by atoms with E-state index in [1.165, 1.54) is 0 Å². The standard InChI is InChI=1S/C19H18N4OS/c1-12-6-7-23(19(24)8-12)10-18-21-16(11-25-18)14-4-5-17-15(9-14)20-13(2)22(17)3/h4-9,11H,10H2,1-3H3. The highest BCUT2D eigenvalue weighted by Gasteiger charge is 2.09. The first-order valence-electron chi connectivity index (χ1n) is 8.06. The van der Waals surface area contributed by atoms with Gasteiger partial charge >= 0.3 is 0 Å². The van der Waals surface area contributed by atoms with Gasteiger partial charge in [-0.05, 0) is 37.6 Å². The minimum absolute atomic E-state index is 0.00197. The molecule has 0 fully saturated rings. The number of rotatable bonds is 3. The maximum atomic E-state index is 12.0. The van der Waals surface area contributed by atoms with Crippen molar-refractivity contribution >= 4 is 22.4 Å². The van der Waals surface area contributed by atoms with Crippen molar-refractivity contribution in [3.05, 3.63) is 68.7 Å². The van der Waals surface area contributed by atoms with Crippen molar-refractivity contribution in [2.24, 2.45) is 7.05 Å². The molecule has 25 heavy (non-hydrogen) atoms. The van der Waals surface area contributed by atoms with E-state index in [1.807, 2.05) is 38.5 Å². The smallest absolute Gasteiger partial charge is 0.251 e. The second-order valence-electron chi connectivity index (χ2n) is 6.22. The third kappa shape index (κ3) is 2.89. The molecule has 0 bridgehead atoms. The van der Waals surface area contributed by atoms with Crippen LogP contribution < -0.4 is 5.56 Å². The third-order valence-corrected chi connectivity index (χ3v) is 5.24. The molecule has 0 unspecified atom stereocenters. The number of thiazole rings is 1. The van der Waals surface area contributed by atoms with Gasteiger partial charge in [-0.3, -0.25) is 4.79 Å². The van der Waals surface area contributed by atoms with Gasteiger partial charge in [-0.15, -0.1) is 11.3 Å². The molecule has 0 atom stereocenters. The van der Waals surface area contributed by atoms with Gasteiger partial charge in [0.2, 0.25) is 0 Å². The molecule has 0 amide bonds. The number of hydrogen-bond donors (Lipinski definition) is 0. The van der Waals surface area contributed by atoms with Crippen molar-refractivity contribution in [1.82, 2.24) is 19.1 Å². The Kier molecular flexibility index (Phi) is 3.77. The van der Waals surface area contributed by atoms with E-state index in [0.717, 1.165) is 38.7 Å². The fourth-order valence-corrected chi connectivity index (χ4v) is 3.68. The van der Waals surface area contributed by atoms with Crippen molar-refractivity contribution in [3.63, 3.8) is 0 Å². The van der Waals surface area contributed by atoms with E-state index < -0.39 is 0 Å². The first-order chi connectivity index (χ1) is 12.0. The Balaban J connectivity index is 1.65. The van der Waals surface area contributed by atoms with Gasteiger partial charge in [-0.25, -0.2) is 9.97 Å². The van der Waals surface area contributed by atoms with E-state index in [-0.39, 0.29) is 5.56 Å². The summed E-state index contributed by atoms with van der Waals surface area (Å²) in [5, 5.41) is 2.95. The molecule has 5 nitrogen and oxygen atoms in total. The molecule has 0 radical (unpaired) electrons. The predicted molar refractivity (Wildman–Crippen MR) is 101 cm³/mol. The van der Waals surface area contributed by atoms with E-state index in [0.29, 0.717) is 6.54 Å². The number of benzene rings is 1. The highest BCUT2D eigenvalue weighted by atomic mass is 32.1. The van der Waals surface area contributed by atoms with Gasteiger partial charge in [0.1, 0.15) is 10.8 Å². The molecular formula is C19H18N4OS. The largest absolute Gasteiger partial charge is 0.331 e. The van der Waals surface area contributed by atoms with Gasteiger partial charge in [0.25, 0.3) is 5.56 Å². The molecule has 4 aromatic rings. The van der Waals surface area contributed by atoms with Crippen molar-refractivity contribution in [1.29, 1.82) is 0 Å². The molecule has 3 aromatic heterocycles. The summed E-state index contributed by atoms with van der Waals surface area (Å²) in [4.78, 5) is 21.3. The maximum absolute atomic E-state index is 12.0. The summed E-state index contributed by atoms with van der Waals surface area (Å²) in [6, 6.07) is 9.80. The zero-order chi connectivity index (χ0) is 17.6. The number of pyridine rings is 1. The van der Waals surface area contributed by atoms with Crippen molar-refractivity contribution in [3.8, 4) is 11.3 Å². The monoisotopic (exact) mass is 350 g/mol. The molecule has 0 saturated heterocycles. The molecule has 0 aliphatic rings. The van der Waals surface area contributed by atoms with E-state index in [4.69, 9.17) is 4.98 Å². The summed E-state index contributed by atoms with van der Waals surface area (Å²) in [6.45, 7) is 4.41. The quantitative estimate of drug-likeness (QED) is 0.568. The molecular weight excluding hydrogens is 332 g/mol. The molecule has 0 N–H and O–H groups in total. The van der Waals surface area contributed by atoms with Gasteiger partial charge in [0, 0.05) is 30.3 Å². The zero-order valence-corrected chi connectivity index (χ0v) is 15.2. The highest BCUT2D eigenvalue weighted by molar-refractivity contribution is 7.09. The molecule has 1 aromatic carbocycles. The van der Waals surface area contributed by atoms with Gasteiger partial charge in [-0.1, -0.05) is 6.07 Å². The topological polar surface area (TPSA) is 52.7 Å². The van der Waals surface area contributed by atoms with Crippen LogP contribution in [0.25, 0.3) is 22.3 Å². The van der Waals surface area contributed by atoms with Gasteiger partial charge in [0.15, 0.2) is 0 Å². The van der Waals surface area contributed by atoms with Crippen LogP contribution in [0.3, 0.4) is 0 Å². The van der Waals surface area contributed by atoms with Crippen LogP contribution in [0.4, 0.5) is 0 Å². The minimum atomic E-state index is 0.00197. The Morgan fingerprint density at radius 1 is 1.12 bits per heavy atom. The molecule has 126 valence electrons. The molecule has 0 saturated carbocycles. The second-order valence-corrected chi connectivity index (χ2v) is 7.16. The van der Waals surface area contributed by atoms with Crippen LogP contribution >= 0.6 is 11.3 Å². The van der Waals surface area contributed by atoms with Crippen LogP contribution in [-0.2, 0) is 13.6 Å². The Labute approximate surface area is 149 Å². The molecule has 0 spiro atoms. The van der Waals surface area contributed by atoms with Crippen LogP contribution in [0.2, 0.25) is 0 Å². The number of hydrogen-bond acceptors (Lipinski definition) is 4. The Morgan fingerprint density at radius 2 is 1.96 bits per heavy atom. The van der Waals surface area contributed by atoms with Crippen LogP contribution in [0, 0.1) is 13.8 Å². The van der Waals surface area contributed by atoms with Gasteiger partial charge in [0.05, 0.1) is 23.3 Å². The van der Waals surface area contributed by atoms with Gasteiger partial charge in [-0.2, -0.15) is 0 Å². The molecule has 3 heterocycles. The predicted octanol–water partition coefficient (Wildman–Crippen LogP) is 3.52. The summed E-state index contributed by atoms with van der Waals surface area (Å²) in [5.41, 5.74) is 5.03. The minimum Gasteiger partial charge on any atom is -0.331 e. The third-order valence-electron chi connectivity index (χ3n) is 4.41. The average Bonchev–Trinajstić information content (AvgIpc) is 3.15. The van der Waals surface area contributed by atoms with Crippen molar-refractivity contribution in [2.45, 2.75) is 20.4 Å². The average molecular weight is 350 g/mol. The SMILES string of the molecule is Cc1ccn(Cc2nc(-c3ccc4c(c3)nc(C)n4C)cs2)c(=O)c1. The summed E-state index contributed by atoms with van der Waals surface area (Å²) < 4.78 is 3.76.